The summed E-state index contributed by atoms with van der Waals surface area (Å²) in [5.41, 5.74) is -0.0930. The molecule has 1 aliphatic rings. The van der Waals surface area contributed by atoms with Crippen molar-refractivity contribution in [2.45, 2.75) is 69.7 Å². The van der Waals surface area contributed by atoms with E-state index in [-0.39, 0.29) is 11.4 Å². The maximum absolute atomic E-state index is 11.9. The third kappa shape index (κ3) is 5.19. The number of hydrogen-bond donors (Lipinski definition) is 2. The first kappa shape index (κ1) is 15.8. The predicted octanol–water partition coefficient (Wildman–Crippen LogP) is 2.56. The van der Waals surface area contributed by atoms with Crippen LogP contribution in [0, 0.1) is 0 Å². The quantitative estimate of drug-likeness (QED) is 0.781. The minimum absolute atomic E-state index is 0.0930. The molecule has 2 unspecified atom stereocenters. The summed E-state index contributed by atoms with van der Waals surface area (Å²) < 4.78 is 0. The molecule has 0 spiro atoms. The van der Waals surface area contributed by atoms with Crippen LogP contribution in [0.15, 0.2) is 0 Å². The molecular formula is C14H28N2OS. The van der Waals surface area contributed by atoms with Crippen molar-refractivity contribution in [3.05, 3.63) is 0 Å². The summed E-state index contributed by atoms with van der Waals surface area (Å²) >= 11 is 1.93. The average Bonchev–Trinajstić information content (AvgIpc) is 2.36. The van der Waals surface area contributed by atoms with E-state index in [0.29, 0.717) is 17.8 Å². The molecule has 2 atom stereocenters. The van der Waals surface area contributed by atoms with E-state index < -0.39 is 0 Å². The lowest BCUT2D eigenvalue weighted by Crippen LogP contribution is -2.50. The van der Waals surface area contributed by atoms with Gasteiger partial charge in [0.15, 0.2) is 0 Å². The van der Waals surface area contributed by atoms with Gasteiger partial charge in [-0.05, 0) is 39.4 Å². The molecule has 4 heteroatoms. The number of carbonyl (C=O) groups excluding carboxylic acids is 1. The van der Waals surface area contributed by atoms with Gasteiger partial charge in [-0.1, -0.05) is 19.8 Å². The van der Waals surface area contributed by atoms with Crippen LogP contribution in [0.4, 0.5) is 0 Å². The third-order valence-electron chi connectivity index (χ3n) is 3.89. The Morgan fingerprint density at radius 3 is 2.61 bits per heavy atom. The smallest absolute Gasteiger partial charge is 0.234 e. The molecule has 0 radical (unpaired) electrons. The van der Waals surface area contributed by atoms with Gasteiger partial charge in [-0.2, -0.15) is 11.8 Å². The highest BCUT2D eigenvalue weighted by Gasteiger charge is 2.25. The lowest BCUT2D eigenvalue weighted by Gasteiger charge is -2.31. The number of hydrogen-bond acceptors (Lipinski definition) is 3. The number of thioether (sulfide) groups is 1. The van der Waals surface area contributed by atoms with Crippen LogP contribution in [0.1, 0.15) is 52.9 Å². The Morgan fingerprint density at radius 2 is 2.00 bits per heavy atom. The van der Waals surface area contributed by atoms with Gasteiger partial charge >= 0.3 is 0 Å². The molecule has 1 aliphatic carbocycles. The van der Waals surface area contributed by atoms with Crippen LogP contribution < -0.4 is 10.6 Å². The fourth-order valence-electron chi connectivity index (χ4n) is 2.35. The SMILES string of the molecule is CCC(C)(C)NC(=O)CNC1CCCCC1SC. The lowest BCUT2D eigenvalue weighted by molar-refractivity contribution is -0.122. The van der Waals surface area contributed by atoms with Crippen LogP contribution >= 0.6 is 11.8 Å². The Kier molecular flexibility index (Phi) is 6.50. The number of rotatable bonds is 6. The Morgan fingerprint density at radius 1 is 1.33 bits per heavy atom. The summed E-state index contributed by atoms with van der Waals surface area (Å²) in [6.07, 6.45) is 8.23. The molecule has 1 fully saturated rings. The second-order valence-corrected chi connectivity index (χ2v) is 6.91. The average molecular weight is 272 g/mol. The van der Waals surface area contributed by atoms with Crippen LogP contribution in [-0.2, 0) is 4.79 Å². The van der Waals surface area contributed by atoms with E-state index in [9.17, 15) is 4.79 Å². The standard InChI is InChI=1S/C14H28N2OS/c1-5-14(2,3)16-13(17)10-15-11-8-6-7-9-12(11)18-4/h11-12,15H,5-10H2,1-4H3,(H,16,17). The van der Waals surface area contributed by atoms with Crippen molar-refractivity contribution in [2.24, 2.45) is 0 Å². The van der Waals surface area contributed by atoms with E-state index >= 15 is 0 Å². The zero-order chi connectivity index (χ0) is 13.6. The molecule has 1 saturated carbocycles. The van der Waals surface area contributed by atoms with Gasteiger partial charge in [0.1, 0.15) is 0 Å². The molecule has 0 saturated heterocycles. The summed E-state index contributed by atoms with van der Waals surface area (Å²) in [5.74, 6) is 0.118. The van der Waals surface area contributed by atoms with Crippen LogP contribution in [0.5, 0.6) is 0 Å². The fraction of sp³-hybridized carbons (Fsp3) is 0.929. The van der Waals surface area contributed by atoms with Crippen molar-refractivity contribution >= 4 is 17.7 Å². The van der Waals surface area contributed by atoms with Crippen LogP contribution in [0.25, 0.3) is 0 Å². The largest absolute Gasteiger partial charge is 0.350 e. The van der Waals surface area contributed by atoms with Gasteiger partial charge in [0, 0.05) is 16.8 Å². The predicted molar refractivity (Wildman–Crippen MR) is 80.1 cm³/mol. The molecule has 0 aliphatic heterocycles. The summed E-state index contributed by atoms with van der Waals surface area (Å²) in [6, 6.07) is 0.504. The van der Waals surface area contributed by atoms with Gasteiger partial charge in [-0.25, -0.2) is 0 Å². The van der Waals surface area contributed by atoms with Crippen molar-refractivity contribution in [1.82, 2.24) is 10.6 Å². The number of carbonyl (C=O) groups is 1. The van der Waals surface area contributed by atoms with Gasteiger partial charge in [0.05, 0.1) is 6.54 Å². The number of nitrogens with one attached hydrogen (secondary N) is 2. The van der Waals surface area contributed by atoms with E-state index in [0.717, 1.165) is 6.42 Å². The monoisotopic (exact) mass is 272 g/mol. The third-order valence-corrected chi connectivity index (χ3v) is 5.06. The molecule has 0 heterocycles. The highest BCUT2D eigenvalue weighted by atomic mass is 32.2. The van der Waals surface area contributed by atoms with E-state index in [2.05, 4.69) is 37.7 Å². The molecule has 2 N–H and O–H groups in total. The van der Waals surface area contributed by atoms with Crippen LogP contribution in [-0.4, -0.2) is 35.5 Å². The van der Waals surface area contributed by atoms with Crippen LogP contribution in [0.2, 0.25) is 0 Å². The first-order chi connectivity index (χ1) is 8.48. The van der Waals surface area contributed by atoms with Gasteiger partial charge < -0.3 is 10.6 Å². The van der Waals surface area contributed by atoms with Gasteiger partial charge in [-0.15, -0.1) is 0 Å². The maximum atomic E-state index is 11.9. The molecule has 3 nitrogen and oxygen atoms in total. The first-order valence-corrected chi connectivity index (χ1v) is 8.34. The first-order valence-electron chi connectivity index (χ1n) is 7.05. The summed E-state index contributed by atoms with van der Waals surface area (Å²) in [6.45, 7) is 6.68. The van der Waals surface area contributed by atoms with Crippen molar-refractivity contribution in [3.63, 3.8) is 0 Å². The topological polar surface area (TPSA) is 41.1 Å². The molecule has 1 amide bonds. The maximum Gasteiger partial charge on any atom is 0.234 e. The minimum Gasteiger partial charge on any atom is -0.350 e. The Labute approximate surface area is 116 Å². The second kappa shape index (κ2) is 7.39. The molecule has 0 bridgehead atoms. The van der Waals surface area contributed by atoms with Crippen molar-refractivity contribution in [3.8, 4) is 0 Å². The van der Waals surface area contributed by atoms with Crippen molar-refractivity contribution < 1.29 is 4.79 Å². The van der Waals surface area contributed by atoms with E-state index in [1.165, 1.54) is 25.7 Å². The molecule has 18 heavy (non-hydrogen) atoms. The normalized spacial score (nSPS) is 24.9. The lowest BCUT2D eigenvalue weighted by atomic mass is 9.95. The summed E-state index contributed by atoms with van der Waals surface area (Å²) in [7, 11) is 0. The fourth-order valence-corrected chi connectivity index (χ4v) is 3.31. The van der Waals surface area contributed by atoms with Crippen molar-refractivity contribution in [2.75, 3.05) is 12.8 Å². The molecule has 0 aromatic rings. The Hall–Kier alpha value is -0.220. The van der Waals surface area contributed by atoms with E-state index in [4.69, 9.17) is 0 Å². The molecule has 106 valence electrons. The molecule has 0 aromatic carbocycles. The highest BCUT2D eigenvalue weighted by Crippen LogP contribution is 2.26. The Balaban J connectivity index is 2.33. The zero-order valence-corrected chi connectivity index (χ0v) is 13.0. The van der Waals surface area contributed by atoms with Crippen LogP contribution in [0.3, 0.4) is 0 Å². The molecular weight excluding hydrogens is 244 g/mol. The zero-order valence-electron chi connectivity index (χ0n) is 12.2. The van der Waals surface area contributed by atoms with Gasteiger partial charge in [-0.3, -0.25) is 4.79 Å². The van der Waals surface area contributed by atoms with E-state index in [1.54, 1.807) is 0 Å². The summed E-state index contributed by atoms with van der Waals surface area (Å²) in [5, 5.41) is 7.18. The van der Waals surface area contributed by atoms with Gasteiger partial charge in [0.25, 0.3) is 0 Å². The van der Waals surface area contributed by atoms with Crippen molar-refractivity contribution in [1.29, 1.82) is 0 Å². The highest BCUT2D eigenvalue weighted by molar-refractivity contribution is 7.99. The number of amides is 1. The Bertz CT molecular complexity index is 269. The molecule has 1 rings (SSSR count). The molecule has 0 aromatic heterocycles. The van der Waals surface area contributed by atoms with E-state index in [1.807, 2.05) is 11.8 Å². The summed E-state index contributed by atoms with van der Waals surface area (Å²) in [4.78, 5) is 11.9. The second-order valence-electron chi connectivity index (χ2n) is 5.83. The minimum atomic E-state index is -0.0930. The van der Waals surface area contributed by atoms with Gasteiger partial charge in [0.2, 0.25) is 5.91 Å².